The lowest BCUT2D eigenvalue weighted by atomic mass is 9.98. The first-order valence-electron chi connectivity index (χ1n) is 5.63. The minimum atomic E-state index is 0.793. The number of aryl methyl sites for hydroxylation is 1. The second kappa shape index (κ2) is 3.63. The maximum Gasteiger partial charge on any atom is 0.130 e. The van der Waals surface area contributed by atoms with Crippen LogP contribution in [0.4, 0.5) is 5.82 Å². The summed E-state index contributed by atoms with van der Waals surface area (Å²) in [6.45, 7) is 0. The molecule has 2 N–H and O–H groups in total. The van der Waals surface area contributed by atoms with Crippen LogP contribution in [0.2, 0.25) is 0 Å². The molecule has 2 aromatic heterocycles. The highest BCUT2D eigenvalue weighted by atomic mass is 15.3. The Kier molecular flexibility index (Phi) is 2.13. The lowest BCUT2D eigenvalue weighted by molar-refractivity contribution is 0.671. The van der Waals surface area contributed by atoms with E-state index >= 15 is 0 Å². The van der Waals surface area contributed by atoms with E-state index in [4.69, 9.17) is 5.73 Å². The molecule has 0 saturated heterocycles. The van der Waals surface area contributed by atoms with Crippen LogP contribution >= 0.6 is 0 Å². The van der Waals surface area contributed by atoms with Crippen LogP contribution in [0.1, 0.15) is 24.1 Å². The van der Waals surface area contributed by atoms with E-state index in [-0.39, 0.29) is 0 Å². The molecule has 0 atom stereocenters. The van der Waals surface area contributed by atoms with Crippen LogP contribution in [-0.4, -0.2) is 14.8 Å². The summed E-state index contributed by atoms with van der Waals surface area (Å²) >= 11 is 0. The fourth-order valence-corrected chi connectivity index (χ4v) is 2.26. The van der Waals surface area contributed by atoms with Gasteiger partial charge in [-0.2, -0.15) is 5.10 Å². The Morgan fingerprint density at radius 1 is 1.12 bits per heavy atom. The first-order valence-corrected chi connectivity index (χ1v) is 5.63. The van der Waals surface area contributed by atoms with Gasteiger partial charge in [-0.3, -0.25) is 4.98 Å². The summed E-state index contributed by atoms with van der Waals surface area (Å²) in [6, 6.07) is 3.85. The summed E-state index contributed by atoms with van der Waals surface area (Å²) < 4.78 is 1.83. The van der Waals surface area contributed by atoms with Gasteiger partial charge in [0.05, 0.1) is 11.4 Å². The van der Waals surface area contributed by atoms with Crippen LogP contribution in [0.3, 0.4) is 0 Å². The lowest BCUT2D eigenvalue weighted by Crippen LogP contribution is -2.03. The van der Waals surface area contributed by atoms with Crippen LogP contribution in [0.15, 0.2) is 24.5 Å². The molecule has 0 aliphatic heterocycles. The van der Waals surface area contributed by atoms with Gasteiger partial charge in [-0.05, 0) is 37.8 Å². The Hall–Kier alpha value is -1.84. The number of nitrogen functional groups attached to an aromatic ring is 1. The molecule has 0 bridgehead atoms. The second-order valence-corrected chi connectivity index (χ2v) is 4.13. The quantitative estimate of drug-likeness (QED) is 0.786. The van der Waals surface area contributed by atoms with Gasteiger partial charge in [0.15, 0.2) is 0 Å². The van der Waals surface area contributed by atoms with Crippen LogP contribution in [-0.2, 0) is 12.8 Å². The van der Waals surface area contributed by atoms with E-state index < -0.39 is 0 Å². The molecule has 0 aromatic carbocycles. The summed E-state index contributed by atoms with van der Waals surface area (Å²) in [5, 5.41) is 4.58. The molecule has 0 fully saturated rings. The summed E-state index contributed by atoms with van der Waals surface area (Å²) in [5.41, 5.74) is 9.53. The van der Waals surface area contributed by atoms with Gasteiger partial charge in [0.25, 0.3) is 0 Å². The van der Waals surface area contributed by atoms with E-state index in [1.165, 1.54) is 24.1 Å². The van der Waals surface area contributed by atoms with Gasteiger partial charge in [0.2, 0.25) is 0 Å². The zero-order valence-electron chi connectivity index (χ0n) is 9.06. The molecule has 4 heteroatoms. The van der Waals surface area contributed by atoms with Crippen LogP contribution in [0.5, 0.6) is 0 Å². The molecule has 16 heavy (non-hydrogen) atoms. The summed E-state index contributed by atoms with van der Waals surface area (Å²) in [4.78, 5) is 4.00. The van der Waals surface area contributed by atoms with Gasteiger partial charge < -0.3 is 5.73 Å². The van der Waals surface area contributed by atoms with Gasteiger partial charge in [0, 0.05) is 18.0 Å². The predicted octanol–water partition coefficient (Wildman–Crippen LogP) is 1.73. The Morgan fingerprint density at radius 3 is 2.62 bits per heavy atom. The maximum absolute atomic E-state index is 6.14. The summed E-state index contributed by atoms with van der Waals surface area (Å²) in [5.74, 6) is 0.793. The Balaban J connectivity index is 2.12. The lowest BCUT2D eigenvalue weighted by Gasteiger charge is -2.08. The molecule has 0 radical (unpaired) electrons. The van der Waals surface area contributed by atoms with E-state index in [0.29, 0.717) is 0 Å². The molecular weight excluding hydrogens is 200 g/mol. The molecular formula is C12H14N4. The van der Waals surface area contributed by atoms with E-state index in [2.05, 4.69) is 10.1 Å². The number of nitrogens with zero attached hydrogens (tertiary/aromatic N) is 3. The molecule has 82 valence electrons. The molecule has 3 rings (SSSR count). The third-order valence-corrected chi connectivity index (χ3v) is 3.10. The van der Waals surface area contributed by atoms with Crippen molar-refractivity contribution in [3.8, 4) is 5.69 Å². The van der Waals surface area contributed by atoms with Crippen molar-refractivity contribution < 1.29 is 0 Å². The highest BCUT2D eigenvalue weighted by Crippen LogP contribution is 2.27. The van der Waals surface area contributed by atoms with Crippen molar-refractivity contribution in [2.24, 2.45) is 0 Å². The number of hydrogen-bond donors (Lipinski definition) is 1. The zero-order valence-corrected chi connectivity index (χ0v) is 9.06. The van der Waals surface area contributed by atoms with Gasteiger partial charge >= 0.3 is 0 Å². The van der Waals surface area contributed by atoms with Crippen LogP contribution in [0.25, 0.3) is 5.69 Å². The van der Waals surface area contributed by atoms with E-state index in [1.807, 2.05) is 16.8 Å². The van der Waals surface area contributed by atoms with E-state index in [9.17, 15) is 0 Å². The Bertz CT molecular complexity index is 501. The fourth-order valence-electron chi connectivity index (χ4n) is 2.26. The molecule has 1 aliphatic rings. The first-order chi connectivity index (χ1) is 7.86. The van der Waals surface area contributed by atoms with Gasteiger partial charge in [-0.25, -0.2) is 4.68 Å². The fraction of sp³-hybridized carbons (Fsp3) is 0.333. The van der Waals surface area contributed by atoms with Gasteiger partial charge in [-0.15, -0.1) is 0 Å². The largest absolute Gasteiger partial charge is 0.383 e. The third-order valence-electron chi connectivity index (χ3n) is 3.10. The molecule has 2 aromatic rings. The number of aromatic nitrogens is 3. The number of rotatable bonds is 1. The summed E-state index contributed by atoms with van der Waals surface area (Å²) in [6.07, 6.45) is 8.08. The minimum Gasteiger partial charge on any atom is -0.383 e. The highest BCUT2D eigenvalue weighted by molar-refractivity contribution is 5.50. The van der Waals surface area contributed by atoms with Crippen molar-refractivity contribution in [1.82, 2.24) is 14.8 Å². The average Bonchev–Trinajstić information content (AvgIpc) is 2.69. The Morgan fingerprint density at radius 2 is 1.88 bits per heavy atom. The monoisotopic (exact) mass is 214 g/mol. The third kappa shape index (κ3) is 1.38. The molecule has 0 spiro atoms. The molecule has 2 heterocycles. The van der Waals surface area contributed by atoms with Crippen molar-refractivity contribution in [3.05, 3.63) is 35.8 Å². The van der Waals surface area contributed by atoms with Crippen molar-refractivity contribution in [1.29, 1.82) is 0 Å². The van der Waals surface area contributed by atoms with Crippen molar-refractivity contribution in [2.45, 2.75) is 25.7 Å². The molecule has 0 amide bonds. The number of anilines is 1. The molecule has 4 nitrogen and oxygen atoms in total. The first kappa shape index (κ1) is 9.39. The van der Waals surface area contributed by atoms with Gasteiger partial charge in [0.1, 0.15) is 5.82 Å². The number of fused-ring (bicyclic) bond motifs is 1. The van der Waals surface area contributed by atoms with Crippen molar-refractivity contribution in [2.75, 3.05) is 5.73 Å². The summed E-state index contributed by atoms with van der Waals surface area (Å²) in [7, 11) is 0. The number of nitrogens with two attached hydrogens (primary N) is 1. The highest BCUT2D eigenvalue weighted by Gasteiger charge is 2.19. The smallest absolute Gasteiger partial charge is 0.130 e. The number of pyridine rings is 1. The normalized spacial score (nSPS) is 14.8. The van der Waals surface area contributed by atoms with Gasteiger partial charge in [-0.1, -0.05) is 0 Å². The SMILES string of the molecule is Nc1c2c(nn1-c1ccncc1)CCCC2. The average molecular weight is 214 g/mol. The Labute approximate surface area is 94.1 Å². The van der Waals surface area contributed by atoms with E-state index in [0.717, 1.165) is 24.3 Å². The minimum absolute atomic E-state index is 0.793. The van der Waals surface area contributed by atoms with Crippen LogP contribution < -0.4 is 5.73 Å². The number of hydrogen-bond acceptors (Lipinski definition) is 3. The molecule has 0 saturated carbocycles. The maximum atomic E-state index is 6.14. The molecule has 1 aliphatic carbocycles. The second-order valence-electron chi connectivity index (χ2n) is 4.13. The predicted molar refractivity (Wildman–Crippen MR) is 62.4 cm³/mol. The zero-order chi connectivity index (χ0) is 11.0. The van der Waals surface area contributed by atoms with E-state index in [1.54, 1.807) is 12.4 Å². The van der Waals surface area contributed by atoms with Crippen molar-refractivity contribution in [3.63, 3.8) is 0 Å². The van der Waals surface area contributed by atoms with Crippen LogP contribution in [0, 0.1) is 0 Å². The molecule has 0 unspecified atom stereocenters. The topological polar surface area (TPSA) is 56.7 Å². The standard InChI is InChI=1S/C12H14N4/c13-12-10-3-1-2-4-11(10)15-16(12)9-5-7-14-8-6-9/h5-8H,1-4,13H2. The van der Waals surface area contributed by atoms with Crippen molar-refractivity contribution >= 4 is 5.82 Å².